The first-order chi connectivity index (χ1) is 16.1. The van der Waals surface area contributed by atoms with Gasteiger partial charge in [-0.2, -0.15) is 13.2 Å². The van der Waals surface area contributed by atoms with Crippen molar-refractivity contribution in [1.82, 2.24) is 15.1 Å². The molecule has 180 valence electrons. The maximum absolute atomic E-state index is 13.0. The number of rotatable bonds is 8. The van der Waals surface area contributed by atoms with Gasteiger partial charge < -0.3 is 19.4 Å². The number of carbonyl (C=O) groups is 2. The van der Waals surface area contributed by atoms with Gasteiger partial charge in [-0.1, -0.05) is 35.5 Å². The lowest BCUT2D eigenvalue weighted by Crippen LogP contribution is -2.36. The molecular formula is C21H18ClF3N4O4S. The molecule has 0 aliphatic heterocycles. The van der Waals surface area contributed by atoms with Gasteiger partial charge in [-0.15, -0.1) is 10.2 Å². The summed E-state index contributed by atoms with van der Waals surface area (Å²) in [7, 11) is 2.90. The second-order valence-electron chi connectivity index (χ2n) is 6.85. The van der Waals surface area contributed by atoms with E-state index >= 15 is 0 Å². The van der Waals surface area contributed by atoms with Gasteiger partial charge in [0.05, 0.1) is 35.6 Å². The normalized spacial score (nSPS) is 11.2. The van der Waals surface area contributed by atoms with E-state index in [2.05, 4.69) is 15.5 Å². The molecule has 13 heteroatoms. The third-order valence-corrected chi connectivity index (χ3v) is 5.56. The highest BCUT2D eigenvalue weighted by molar-refractivity contribution is 7.99. The number of nitrogens with zero attached hydrogens (tertiary/aromatic N) is 3. The standard InChI is InChI=1S/C21H18ClF3N4O4S/c1-29(10-17(30)26-12-7-8-15(22)14(9-12)21(23,24)25)18(31)11-34-20-28-27-19(33-20)13-5-3-4-6-16(13)32-2/h3-9H,10-11H2,1-2H3,(H,26,30). The summed E-state index contributed by atoms with van der Waals surface area (Å²) in [6.07, 6.45) is -4.66. The number of aromatic nitrogens is 2. The number of carbonyl (C=O) groups excluding carboxylic acids is 2. The molecule has 1 N–H and O–H groups in total. The molecule has 1 aromatic heterocycles. The topological polar surface area (TPSA) is 97.6 Å². The van der Waals surface area contributed by atoms with Crippen LogP contribution in [0.4, 0.5) is 18.9 Å². The number of anilines is 1. The van der Waals surface area contributed by atoms with Crippen molar-refractivity contribution in [3.63, 3.8) is 0 Å². The summed E-state index contributed by atoms with van der Waals surface area (Å²) in [6, 6.07) is 10.1. The highest BCUT2D eigenvalue weighted by Crippen LogP contribution is 2.36. The number of thioether (sulfide) groups is 1. The van der Waals surface area contributed by atoms with E-state index in [0.717, 1.165) is 28.8 Å². The Morgan fingerprint density at radius 2 is 1.94 bits per heavy atom. The van der Waals surface area contributed by atoms with Crippen molar-refractivity contribution in [1.29, 1.82) is 0 Å². The summed E-state index contributed by atoms with van der Waals surface area (Å²) >= 11 is 6.55. The number of para-hydroxylation sites is 1. The average molecular weight is 515 g/mol. The van der Waals surface area contributed by atoms with Gasteiger partial charge in [-0.25, -0.2) is 0 Å². The number of nitrogens with one attached hydrogen (secondary N) is 1. The molecule has 2 aromatic carbocycles. The Bertz CT molecular complexity index is 1190. The van der Waals surface area contributed by atoms with Gasteiger partial charge in [-0.3, -0.25) is 9.59 Å². The van der Waals surface area contributed by atoms with Gasteiger partial charge in [0.15, 0.2) is 0 Å². The molecule has 2 amide bonds. The van der Waals surface area contributed by atoms with Crippen molar-refractivity contribution < 1.29 is 31.9 Å². The first kappa shape index (κ1) is 25.4. The van der Waals surface area contributed by atoms with Gasteiger partial charge in [0.25, 0.3) is 11.1 Å². The van der Waals surface area contributed by atoms with Crippen LogP contribution >= 0.6 is 23.4 Å². The first-order valence-electron chi connectivity index (χ1n) is 9.58. The molecule has 0 unspecified atom stereocenters. The molecule has 0 aliphatic rings. The minimum Gasteiger partial charge on any atom is -0.496 e. The second kappa shape index (κ2) is 10.8. The van der Waals surface area contributed by atoms with E-state index < -0.39 is 28.6 Å². The number of ether oxygens (including phenoxy) is 1. The number of halogens is 4. The molecule has 0 radical (unpaired) electrons. The van der Waals surface area contributed by atoms with Crippen LogP contribution in [0, 0.1) is 0 Å². The Balaban J connectivity index is 1.54. The zero-order valence-electron chi connectivity index (χ0n) is 17.9. The maximum Gasteiger partial charge on any atom is 0.417 e. The van der Waals surface area contributed by atoms with Gasteiger partial charge in [0.1, 0.15) is 5.75 Å². The smallest absolute Gasteiger partial charge is 0.417 e. The van der Waals surface area contributed by atoms with Crippen LogP contribution in [0.3, 0.4) is 0 Å². The molecule has 0 saturated heterocycles. The maximum atomic E-state index is 13.0. The van der Waals surface area contributed by atoms with E-state index in [0.29, 0.717) is 11.3 Å². The van der Waals surface area contributed by atoms with Crippen LogP contribution in [0.15, 0.2) is 52.1 Å². The summed E-state index contributed by atoms with van der Waals surface area (Å²) in [4.78, 5) is 25.7. The predicted molar refractivity (Wildman–Crippen MR) is 120 cm³/mol. The summed E-state index contributed by atoms with van der Waals surface area (Å²) < 4.78 is 49.7. The lowest BCUT2D eigenvalue weighted by atomic mass is 10.2. The van der Waals surface area contributed by atoms with Gasteiger partial charge in [-0.05, 0) is 30.3 Å². The second-order valence-corrected chi connectivity index (χ2v) is 8.19. The third-order valence-electron chi connectivity index (χ3n) is 4.43. The van der Waals surface area contributed by atoms with Crippen LogP contribution in [-0.2, 0) is 15.8 Å². The van der Waals surface area contributed by atoms with Gasteiger partial charge >= 0.3 is 6.18 Å². The highest BCUT2D eigenvalue weighted by Gasteiger charge is 2.33. The van der Waals surface area contributed by atoms with E-state index in [-0.39, 0.29) is 29.1 Å². The predicted octanol–water partition coefficient (Wildman–Crippen LogP) is 4.61. The van der Waals surface area contributed by atoms with Crippen LogP contribution in [-0.4, -0.2) is 53.4 Å². The van der Waals surface area contributed by atoms with Crippen molar-refractivity contribution in [2.24, 2.45) is 0 Å². The molecule has 34 heavy (non-hydrogen) atoms. The monoisotopic (exact) mass is 514 g/mol. The van der Waals surface area contributed by atoms with Crippen LogP contribution in [0.1, 0.15) is 5.56 Å². The zero-order chi connectivity index (χ0) is 24.9. The Morgan fingerprint density at radius 3 is 2.65 bits per heavy atom. The number of hydrogen-bond acceptors (Lipinski definition) is 7. The van der Waals surface area contributed by atoms with E-state index in [1.54, 1.807) is 24.3 Å². The molecule has 3 aromatic rings. The number of likely N-dealkylation sites (N-methyl/N-ethyl adjacent to an activating group) is 1. The molecule has 0 bridgehead atoms. The van der Waals surface area contributed by atoms with Crippen molar-refractivity contribution in [3.8, 4) is 17.2 Å². The first-order valence-corrected chi connectivity index (χ1v) is 10.9. The fraction of sp³-hybridized carbons (Fsp3) is 0.238. The third kappa shape index (κ3) is 6.41. The summed E-state index contributed by atoms with van der Waals surface area (Å²) in [5, 5.41) is 9.82. The molecule has 0 fully saturated rings. The zero-order valence-corrected chi connectivity index (χ0v) is 19.4. The number of amides is 2. The van der Waals surface area contributed by atoms with Gasteiger partial charge in [0.2, 0.25) is 11.8 Å². The van der Waals surface area contributed by atoms with E-state index in [9.17, 15) is 22.8 Å². The summed E-state index contributed by atoms with van der Waals surface area (Å²) in [5.41, 5.74) is -0.563. The van der Waals surface area contributed by atoms with Crippen LogP contribution in [0.5, 0.6) is 5.75 Å². The van der Waals surface area contributed by atoms with Crippen LogP contribution in [0.25, 0.3) is 11.5 Å². The van der Waals surface area contributed by atoms with E-state index in [4.69, 9.17) is 20.8 Å². The lowest BCUT2D eigenvalue weighted by molar-refractivity contribution is -0.137. The number of benzene rings is 2. The number of hydrogen-bond donors (Lipinski definition) is 1. The molecule has 0 spiro atoms. The molecule has 3 rings (SSSR count). The average Bonchev–Trinajstić information content (AvgIpc) is 3.26. The Labute approximate surface area is 201 Å². The fourth-order valence-electron chi connectivity index (χ4n) is 2.76. The Morgan fingerprint density at radius 1 is 1.21 bits per heavy atom. The van der Waals surface area contributed by atoms with Crippen molar-refractivity contribution in [2.75, 3.05) is 31.8 Å². The Kier molecular flexibility index (Phi) is 8.05. The molecule has 8 nitrogen and oxygen atoms in total. The van der Waals surface area contributed by atoms with Gasteiger partial charge in [0, 0.05) is 12.7 Å². The van der Waals surface area contributed by atoms with Crippen molar-refractivity contribution in [2.45, 2.75) is 11.4 Å². The molecule has 0 aliphatic carbocycles. The quantitative estimate of drug-likeness (QED) is 0.438. The molecule has 1 heterocycles. The largest absolute Gasteiger partial charge is 0.496 e. The SMILES string of the molecule is COc1ccccc1-c1nnc(SCC(=O)N(C)CC(=O)Nc2ccc(Cl)c(C(F)(F)F)c2)o1. The van der Waals surface area contributed by atoms with Crippen LogP contribution < -0.4 is 10.1 Å². The summed E-state index contributed by atoms with van der Waals surface area (Å²) in [5.74, 6) is -0.429. The minimum absolute atomic E-state index is 0.0910. The van der Waals surface area contributed by atoms with Crippen molar-refractivity contribution >= 4 is 40.9 Å². The summed E-state index contributed by atoms with van der Waals surface area (Å²) in [6.45, 7) is -0.375. The lowest BCUT2D eigenvalue weighted by Gasteiger charge is -2.17. The molecule has 0 atom stereocenters. The van der Waals surface area contributed by atoms with Crippen LogP contribution in [0.2, 0.25) is 5.02 Å². The van der Waals surface area contributed by atoms with E-state index in [1.165, 1.54) is 20.2 Å². The molecular weight excluding hydrogens is 497 g/mol. The Hall–Kier alpha value is -3.25. The minimum atomic E-state index is -4.66. The number of alkyl halides is 3. The van der Waals surface area contributed by atoms with Crippen molar-refractivity contribution in [3.05, 3.63) is 53.1 Å². The fourth-order valence-corrected chi connectivity index (χ4v) is 3.68. The highest BCUT2D eigenvalue weighted by atomic mass is 35.5. The number of methoxy groups -OCH3 is 1. The van der Waals surface area contributed by atoms with E-state index in [1.807, 2.05) is 0 Å². The molecule has 0 saturated carbocycles.